The Bertz CT molecular complexity index is 454. The molecule has 90 valence electrons. The molecule has 0 N–H and O–H groups in total. The van der Waals surface area contributed by atoms with Gasteiger partial charge in [0.15, 0.2) is 10.8 Å². The van der Waals surface area contributed by atoms with E-state index in [9.17, 15) is 0 Å². The molecular formula is C12H15ClN4. The largest absolute Gasteiger partial charge is 0.355 e. The molecular weight excluding hydrogens is 236 g/mol. The summed E-state index contributed by atoms with van der Waals surface area (Å²) in [5, 5.41) is 8.93. The van der Waals surface area contributed by atoms with Crippen LogP contribution in [0.3, 0.4) is 0 Å². The zero-order chi connectivity index (χ0) is 12.5. The Morgan fingerprint density at radius 3 is 2.59 bits per heavy atom. The molecule has 1 aliphatic rings. The highest BCUT2D eigenvalue weighted by Gasteiger charge is 2.26. The van der Waals surface area contributed by atoms with E-state index in [1.54, 1.807) is 6.20 Å². The van der Waals surface area contributed by atoms with E-state index < -0.39 is 0 Å². The second kappa shape index (κ2) is 4.50. The maximum atomic E-state index is 8.74. The minimum atomic E-state index is 0.188. The zero-order valence-electron chi connectivity index (χ0n) is 10.1. The number of anilines is 1. The van der Waals surface area contributed by atoms with Gasteiger partial charge in [0.25, 0.3) is 0 Å². The number of aromatic nitrogens is 2. The highest BCUT2D eigenvalue weighted by molar-refractivity contribution is 6.30. The molecule has 4 nitrogen and oxygen atoms in total. The van der Waals surface area contributed by atoms with E-state index in [-0.39, 0.29) is 10.8 Å². The predicted octanol–water partition coefficient (Wildman–Crippen LogP) is 2.63. The van der Waals surface area contributed by atoms with Crippen molar-refractivity contribution in [1.29, 1.82) is 5.26 Å². The predicted molar refractivity (Wildman–Crippen MR) is 67.0 cm³/mol. The summed E-state index contributed by atoms with van der Waals surface area (Å²) < 4.78 is 0. The van der Waals surface area contributed by atoms with Crippen molar-refractivity contribution >= 4 is 17.4 Å². The third kappa shape index (κ3) is 2.67. The lowest BCUT2D eigenvalue weighted by atomic mass is 9.83. The number of halogens is 1. The van der Waals surface area contributed by atoms with E-state index in [0.29, 0.717) is 5.41 Å². The van der Waals surface area contributed by atoms with E-state index in [1.807, 2.05) is 6.07 Å². The van der Waals surface area contributed by atoms with Gasteiger partial charge in [0.05, 0.1) is 6.20 Å². The van der Waals surface area contributed by atoms with Gasteiger partial charge in [-0.15, -0.1) is 0 Å². The van der Waals surface area contributed by atoms with E-state index in [0.717, 1.165) is 31.7 Å². The van der Waals surface area contributed by atoms with Crippen LogP contribution >= 0.6 is 11.6 Å². The van der Waals surface area contributed by atoms with Crippen LogP contribution in [0, 0.1) is 16.7 Å². The summed E-state index contributed by atoms with van der Waals surface area (Å²) in [7, 11) is 0. The maximum Gasteiger partial charge on any atom is 0.178 e. The Morgan fingerprint density at radius 1 is 1.41 bits per heavy atom. The second-order valence-corrected chi connectivity index (χ2v) is 5.49. The van der Waals surface area contributed by atoms with Crippen LogP contribution in [0.1, 0.15) is 32.4 Å². The molecule has 1 aliphatic heterocycles. The lowest BCUT2D eigenvalue weighted by molar-refractivity contribution is 0.279. The first-order chi connectivity index (χ1) is 8.02. The van der Waals surface area contributed by atoms with Gasteiger partial charge in [0.2, 0.25) is 0 Å². The van der Waals surface area contributed by atoms with Crippen molar-refractivity contribution in [2.45, 2.75) is 26.7 Å². The molecule has 0 atom stereocenters. The fraction of sp³-hybridized carbons (Fsp3) is 0.583. The number of nitrogens with zero attached hydrogens (tertiary/aromatic N) is 4. The number of hydrogen-bond donors (Lipinski definition) is 0. The fourth-order valence-electron chi connectivity index (χ4n) is 1.93. The van der Waals surface area contributed by atoms with Crippen LogP contribution in [0.4, 0.5) is 5.82 Å². The van der Waals surface area contributed by atoms with Gasteiger partial charge in [-0.25, -0.2) is 9.97 Å². The summed E-state index contributed by atoms with van der Waals surface area (Å²) >= 11 is 5.88. The summed E-state index contributed by atoms with van der Waals surface area (Å²) in [6.07, 6.45) is 3.89. The second-order valence-electron chi connectivity index (χ2n) is 5.13. The van der Waals surface area contributed by atoms with Gasteiger partial charge < -0.3 is 4.90 Å². The molecule has 0 radical (unpaired) electrons. The standard InChI is InChI=1S/C12H15ClN4/c1-12(2)3-5-17(6-4-12)10-8-15-9(7-14)11(13)16-10/h8H,3-6H2,1-2H3. The van der Waals surface area contributed by atoms with E-state index in [1.165, 1.54) is 0 Å². The van der Waals surface area contributed by atoms with Crippen molar-refractivity contribution in [3.63, 3.8) is 0 Å². The minimum absolute atomic E-state index is 0.188. The molecule has 0 spiro atoms. The summed E-state index contributed by atoms with van der Waals surface area (Å²) in [6, 6.07) is 1.91. The van der Waals surface area contributed by atoms with Gasteiger partial charge in [-0.1, -0.05) is 25.4 Å². The molecule has 1 aromatic rings. The van der Waals surface area contributed by atoms with E-state index >= 15 is 0 Å². The Kier molecular flexibility index (Phi) is 3.21. The molecule has 0 saturated carbocycles. The third-order valence-corrected chi connectivity index (χ3v) is 3.53. The molecule has 1 fully saturated rings. The van der Waals surface area contributed by atoms with Crippen LogP contribution in [0.15, 0.2) is 6.20 Å². The molecule has 0 amide bonds. The van der Waals surface area contributed by atoms with Crippen molar-refractivity contribution in [3.05, 3.63) is 17.0 Å². The van der Waals surface area contributed by atoms with Gasteiger partial charge in [0, 0.05) is 13.1 Å². The number of nitriles is 1. The van der Waals surface area contributed by atoms with Crippen molar-refractivity contribution in [3.8, 4) is 6.07 Å². The average Bonchev–Trinajstić information content (AvgIpc) is 2.29. The Labute approximate surface area is 106 Å². The van der Waals surface area contributed by atoms with Crippen LogP contribution in [0.25, 0.3) is 0 Å². The fourth-order valence-corrected chi connectivity index (χ4v) is 2.10. The van der Waals surface area contributed by atoms with Crippen molar-refractivity contribution < 1.29 is 0 Å². The molecule has 2 heterocycles. The summed E-state index contributed by atoms with van der Waals surface area (Å²) in [6.45, 7) is 6.48. The first-order valence-corrected chi connectivity index (χ1v) is 6.07. The molecule has 0 aromatic carbocycles. The molecule has 1 saturated heterocycles. The van der Waals surface area contributed by atoms with Crippen LogP contribution in [0.2, 0.25) is 5.15 Å². The van der Waals surface area contributed by atoms with Crippen molar-refractivity contribution in [1.82, 2.24) is 9.97 Å². The SMILES string of the molecule is CC1(C)CCN(c2cnc(C#N)c(Cl)n2)CC1. The Hall–Kier alpha value is -1.34. The summed E-state index contributed by atoms with van der Waals surface area (Å²) in [5.41, 5.74) is 0.591. The molecule has 0 aliphatic carbocycles. The molecule has 0 bridgehead atoms. The average molecular weight is 251 g/mol. The summed E-state index contributed by atoms with van der Waals surface area (Å²) in [5.74, 6) is 0.768. The van der Waals surface area contributed by atoms with E-state index in [2.05, 4.69) is 28.7 Å². The smallest absolute Gasteiger partial charge is 0.178 e. The van der Waals surface area contributed by atoms with E-state index in [4.69, 9.17) is 16.9 Å². The highest BCUT2D eigenvalue weighted by atomic mass is 35.5. The first kappa shape index (κ1) is 12.1. The highest BCUT2D eigenvalue weighted by Crippen LogP contribution is 2.31. The number of hydrogen-bond acceptors (Lipinski definition) is 4. The third-order valence-electron chi connectivity index (χ3n) is 3.26. The number of piperidine rings is 1. The molecule has 2 rings (SSSR count). The van der Waals surface area contributed by atoms with Crippen molar-refractivity contribution in [2.24, 2.45) is 5.41 Å². The Morgan fingerprint density at radius 2 is 2.06 bits per heavy atom. The van der Waals surface area contributed by atoms with Gasteiger partial charge in [-0.05, 0) is 18.3 Å². The van der Waals surface area contributed by atoms with Crippen LogP contribution < -0.4 is 4.90 Å². The molecule has 0 unspecified atom stereocenters. The topological polar surface area (TPSA) is 52.8 Å². The summed E-state index contributed by atoms with van der Waals surface area (Å²) in [4.78, 5) is 10.4. The van der Waals surface area contributed by atoms with Gasteiger partial charge in [-0.2, -0.15) is 5.26 Å². The number of rotatable bonds is 1. The van der Waals surface area contributed by atoms with Crippen LogP contribution in [-0.2, 0) is 0 Å². The molecule has 1 aromatic heterocycles. The van der Waals surface area contributed by atoms with Crippen LogP contribution in [0.5, 0.6) is 0 Å². The molecule has 17 heavy (non-hydrogen) atoms. The molecule has 5 heteroatoms. The Balaban J connectivity index is 2.14. The van der Waals surface area contributed by atoms with Gasteiger partial charge in [-0.3, -0.25) is 0 Å². The first-order valence-electron chi connectivity index (χ1n) is 5.69. The lowest BCUT2D eigenvalue weighted by Crippen LogP contribution is -2.37. The van der Waals surface area contributed by atoms with Gasteiger partial charge in [0.1, 0.15) is 11.9 Å². The zero-order valence-corrected chi connectivity index (χ0v) is 10.8. The van der Waals surface area contributed by atoms with Crippen molar-refractivity contribution in [2.75, 3.05) is 18.0 Å². The minimum Gasteiger partial charge on any atom is -0.355 e. The van der Waals surface area contributed by atoms with Gasteiger partial charge >= 0.3 is 0 Å². The normalized spacial score (nSPS) is 18.8. The quantitative estimate of drug-likeness (QED) is 0.769. The maximum absolute atomic E-state index is 8.74. The monoisotopic (exact) mass is 250 g/mol. The lowest BCUT2D eigenvalue weighted by Gasteiger charge is -2.37. The van der Waals surface area contributed by atoms with Crippen LogP contribution in [-0.4, -0.2) is 23.1 Å².